The highest BCUT2D eigenvalue weighted by molar-refractivity contribution is 5.87. The van der Waals surface area contributed by atoms with Crippen LogP contribution < -0.4 is 0 Å². The SMILES string of the molecule is CN(Cc1cccc(C(=O)O)c1)CC1CCCCC1O. The Kier molecular flexibility index (Phi) is 5.15. The molecular formula is C16H23NO3. The molecule has 1 aliphatic carbocycles. The lowest BCUT2D eigenvalue weighted by Crippen LogP contribution is -2.34. The fraction of sp³-hybridized carbons (Fsp3) is 0.562. The van der Waals surface area contributed by atoms with Crippen molar-refractivity contribution in [2.45, 2.75) is 38.3 Å². The molecule has 0 aromatic heterocycles. The summed E-state index contributed by atoms with van der Waals surface area (Å²) in [5.41, 5.74) is 1.33. The van der Waals surface area contributed by atoms with E-state index in [1.54, 1.807) is 18.2 Å². The minimum Gasteiger partial charge on any atom is -0.478 e. The summed E-state index contributed by atoms with van der Waals surface area (Å²) in [4.78, 5) is 13.1. The Morgan fingerprint density at radius 3 is 2.80 bits per heavy atom. The van der Waals surface area contributed by atoms with Gasteiger partial charge in [0, 0.05) is 13.1 Å². The molecule has 4 nitrogen and oxygen atoms in total. The third kappa shape index (κ3) is 4.05. The third-order valence-corrected chi connectivity index (χ3v) is 4.04. The predicted octanol–water partition coefficient (Wildman–Crippen LogP) is 2.37. The van der Waals surface area contributed by atoms with Gasteiger partial charge in [-0.1, -0.05) is 25.0 Å². The molecule has 0 spiro atoms. The molecule has 0 radical (unpaired) electrons. The second-order valence-electron chi connectivity index (χ2n) is 5.81. The third-order valence-electron chi connectivity index (χ3n) is 4.04. The summed E-state index contributed by atoms with van der Waals surface area (Å²) >= 11 is 0. The van der Waals surface area contributed by atoms with Crippen molar-refractivity contribution in [3.8, 4) is 0 Å². The Morgan fingerprint density at radius 1 is 1.35 bits per heavy atom. The van der Waals surface area contributed by atoms with Gasteiger partial charge in [-0.05, 0) is 43.5 Å². The first-order valence-corrected chi connectivity index (χ1v) is 7.25. The Balaban J connectivity index is 1.92. The van der Waals surface area contributed by atoms with Crippen molar-refractivity contribution in [1.82, 2.24) is 4.90 Å². The van der Waals surface area contributed by atoms with Gasteiger partial charge in [0.15, 0.2) is 0 Å². The van der Waals surface area contributed by atoms with E-state index in [0.717, 1.165) is 31.4 Å². The standard InChI is InChI=1S/C16H23NO3/c1-17(11-14-6-2-3-8-15(14)18)10-12-5-4-7-13(9-12)16(19)20/h4-5,7,9,14-15,18H,2-3,6,8,10-11H2,1H3,(H,19,20). The van der Waals surface area contributed by atoms with E-state index in [4.69, 9.17) is 5.11 Å². The van der Waals surface area contributed by atoms with Crippen molar-refractivity contribution in [2.24, 2.45) is 5.92 Å². The maximum atomic E-state index is 11.0. The van der Waals surface area contributed by atoms with Gasteiger partial charge in [0.05, 0.1) is 11.7 Å². The minimum absolute atomic E-state index is 0.184. The van der Waals surface area contributed by atoms with Crippen molar-refractivity contribution < 1.29 is 15.0 Å². The van der Waals surface area contributed by atoms with Gasteiger partial charge < -0.3 is 15.1 Å². The second kappa shape index (κ2) is 6.86. The van der Waals surface area contributed by atoms with E-state index in [0.29, 0.717) is 18.0 Å². The number of rotatable bonds is 5. The van der Waals surface area contributed by atoms with E-state index in [9.17, 15) is 9.90 Å². The summed E-state index contributed by atoms with van der Waals surface area (Å²) in [6.07, 6.45) is 4.14. The summed E-state index contributed by atoms with van der Waals surface area (Å²) < 4.78 is 0. The topological polar surface area (TPSA) is 60.8 Å². The van der Waals surface area contributed by atoms with Crippen LogP contribution in [0, 0.1) is 5.92 Å². The van der Waals surface area contributed by atoms with Crippen molar-refractivity contribution in [1.29, 1.82) is 0 Å². The highest BCUT2D eigenvalue weighted by Gasteiger charge is 2.24. The number of benzene rings is 1. The van der Waals surface area contributed by atoms with E-state index in [-0.39, 0.29) is 6.10 Å². The molecule has 110 valence electrons. The van der Waals surface area contributed by atoms with Gasteiger partial charge in [-0.2, -0.15) is 0 Å². The van der Waals surface area contributed by atoms with Gasteiger partial charge in [-0.15, -0.1) is 0 Å². The molecule has 0 bridgehead atoms. The van der Waals surface area contributed by atoms with E-state index in [1.165, 1.54) is 6.42 Å². The normalized spacial score (nSPS) is 22.9. The molecule has 20 heavy (non-hydrogen) atoms. The Morgan fingerprint density at radius 2 is 2.10 bits per heavy atom. The lowest BCUT2D eigenvalue weighted by molar-refractivity contribution is 0.0502. The van der Waals surface area contributed by atoms with Gasteiger partial charge >= 0.3 is 5.97 Å². The Hall–Kier alpha value is -1.39. The fourth-order valence-corrected chi connectivity index (χ4v) is 2.98. The quantitative estimate of drug-likeness (QED) is 0.867. The number of carboxylic acid groups (broad SMARTS) is 1. The second-order valence-corrected chi connectivity index (χ2v) is 5.81. The van der Waals surface area contributed by atoms with Crippen molar-refractivity contribution in [3.05, 3.63) is 35.4 Å². The summed E-state index contributed by atoms with van der Waals surface area (Å²) in [7, 11) is 2.02. The largest absolute Gasteiger partial charge is 0.478 e. The van der Waals surface area contributed by atoms with Gasteiger partial charge in [0.2, 0.25) is 0 Å². The zero-order valence-electron chi connectivity index (χ0n) is 12.0. The molecule has 1 aromatic carbocycles. The molecule has 1 aliphatic rings. The number of hydrogen-bond donors (Lipinski definition) is 2. The number of aliphatic hydroxyl groups is 1. The first-order valence-electron chi connectivity index (χ1n) is 7.25. The molecule has 4 heteroatoms. The van der Waals surface area contributed by atoms with Crippen LogP contribution in [-0.4, -0.2) is 40.8 Å². The van der Waals surface area contributed by atoms with Crippen LogP contribution in [0.3, 0.4) is 0 Å². The lowest BCUT2D eigenvalue weighted by Gasteiger charge is -2.31. The number of aliphatic hydroxyl groups excluding tert-OH is 1. The summed E-state index contributed by atoms with van der Waals surface area (Å²) in [6, 6.07) is 7.05. The van der Waals surface area contributed by atoms with Gasteiger partial charge in [-0.25, -0.2) is 4.79 Å². The zero-order chi connectivity index (χ0) is 14.5. The molecular weight excluding hydrogens is 254 g/mol. The number of aromatic carboxylic acids is 1. The summed E-state index contributed by atoms with van der Waals surface area (Å²) in [5.74, 6) is -0.548. The summed E-state index contributed by atoms with van der Waals surface area (Å²) in [5, 5.41) is 19.0. The lowest BCUT2D eigenvalue weighted by atomic mass is 9.86. The highest BCUT2D eigenvalue weighted by Crippen LogP contribution is 2.25. The molecule has 0 saturated heterocycles. The minimum atomic E-state index is -0.891. The van der Waals surface area contributed by atoms with Crippen molar-refractivity contribution in [2.75, 3.05) is 13.6 Å². The first-order chi connectivity index (χ1) is 9.56. The maximum absolute atomic E-state index is 11.0. The molecule has 0 amide bonds. The van der Waals surface area contributed by atoms with Crippen LogP contribution >= 0.6 is 0 Å². The van der Waals surface area contributed by atoms with Crippen molar-refractivity contribution in [3.63, 3.8) is 0 Å². The van der Waals surface area contributed by atoms with Crippen LogP contribution in [0.5, 0.6) is 0 Å². The van der Waals surface area contributed by atoms with Crippen LogP contribution in [0.2, 0.25) is 0 Å². The number of nitrogens with zero attached hydrogens (tertiary/aromatic N) is 1. The average molecular weight is 277 g/mol. The zero-order valence-corrected chi connectivity index (χ0v) is 12.0. The first kappa shape index (κ1) is 15.0. The Bertz CT molecular complexity index is 461. The molecule has 0 heterocycles. The van der Waals surface area contributed by atoms with E-state index in [2.05, 4.69) is 4.90 Å². The molecule has 1 aromatic rings. The Labute approximate surface area is 120 Å². The average Bonchev–Trinajstić information content (AvgIpc) is 2.41. The number of carbonyl (C=O) groups is 1. The van der Waals surface area contributed by atoms with Crippen LogP contribution in [0.1, 0.15) is 41.6 Å². The van der Waals surface area contributed by atoms with Gasteiger partial charge in [0.1, 0.15) is 0 Å². The van der Waals surface area contributed by atoms with E-state index in [1.807, 2.05) is 13.1 Å². The molecule has 2 N–H and O–H groups in total. The van der Waals surface area contributed by atoms with Crippen LogP contribution in [0.25, 0.3) is 0 Å². The monoisotopic (exact) mass is 277 g/mol. The number of hydrogen-bond acceptors (Lipinski definition) is 3. The molecule has 1 fully saturated rings. The van der Waals surface area contributed by atoms with Crippen LogP contribution in [-0.2, 0) is 6.54 Å². The number of carboxylic acids is 1. The smallest absolute Gasteiger partial charge is 0.335 e. The van der Waals surface area contributed by atoms with Gasteiger partial charge in [0.25, 0.3) is 0 Å². The molecule has 2 unspecified atom stereocenters. The van der Waals surface area contributed by atoms with Gasteiger partial charge in [-0.3, -0.25) is 0 Å². The molecule has 2 atom stereocenters. The van der Waals surface area contributed by atoms with Crippen LogP contribution in [0.4, 0.5) is 0 Å². The summed E-state index contributed by atoms with van der Waals surface area (Å²) in [6.45, 7) is 1.57. The van der Waals surface area contributed by atoms with E-state index >= 15 is 0 Å². The molecule has 0 aliphatic heterocycles. The maximum Gasteiger partial charge on any atom is 0.335 e. The molecule has 2 rings (SSSR count). The van der Waals surface area contributed by atoms with Crippen molar-refractivity contribution >= 4 is 5.97 Å². The van der Waals surface area contributed by atoms with Crippen LogP contribution in [0.15, 0.2) is 24.3 Å². The predicted molar refractivity (Wildman–Crippen MR) is 77.7 cm³/mol. The fourth-order valence-electron chi connectivity index (χ4n) is 2.98. The van der Waals surface area contributed by atoms with E-state index < -0.39 is 5.97 Å². The highest BCUT2D eigenvalue weighted by atomic mass is 16.4. The molecule has 1 saturated carbocycles.